The second-order valence-corrected chi connectivity index (χ2v) is 9.58. The fraction of sp³-hybridized carbons (Fsp3) is 0.308. The van der Waals surface area contributed by atoms with Crippen molar-refractivity contribution in [3.8, 4) is 0 Å². The first-order valence-corrected chi connectivity index (χ1v) is 11.6. The summed E-state index contributed by atoms with van der Waals surface area (Å²) < 4.78 is 59.7. The van der Waals surface area contributed by atoms with Crippen LogP contribution in [0.1, 0.15) is 54.4 Å². The number of fused-ring (bicyclic) bond motifs is 3. The molecule has 0 radical (unpaired) electrons. The van der Waals surface area contributed by atoms with Gasteiger partial charge >= 0.3 is 12.1 Å². The average Bonchev–Trinajstić information content (AvgIpc) is 3.15. The van der Waals surface area contributed by atoms with Crippen molar-refractivity contribution in [2.45, 2.75) is 38.8 Å². The Morgan fingerprint density at radius 3 is 2.53 bits per heavy atom. The number of ether oxygens (including phenoxy) is 1. The van der Waals surface area contributed by atoms with Crippen molar-refractivity contribution < 1.29 is 31.9 Å². The van der Waals surface area contributed by atoms with Gasteiger partial charge in [0.15, 0.2) is 5.82 Å². The summed E-state index contributed by atoms with van der Waals surface area (Å²) in [4.78, 5) is 30.9. The van der Waals surface area contributed by atoms with Gasteiger partial charge in [-0.2, -0.15) is 13.2 Å². The van der Waals surface area contributed by atoms with Gasteiger partial charge in [0.2, 0.25) is 0 Å². The molecule has 0 fully saturated rings. The monoisotopic (exact) mass is 522 g/mol. The molecule has 4 rings (SSSR count). The lowest BCUT2D eigenvalue weighted by molar-refractivity contribution is -0.138. The summed E-state index contributed by atoms with van der Waals surface area (Å²) in [6.45, 7) is 5.70. The van der Waals surface area contributed by atoms with E-state index in [0.717, 1.165) is 27.4 Å². The standard InChI is InChI=1S/C26H23ClF4N2O3/c1-4-11-36-24(35)16-12-33(23(34)15-9-10-17(26(29,30)31)20(27)21(15)28)13-25(2,3)19-14-7-5-6-8-18(14)32-22(16)19/h5-10,12,32H,4,11,13H2,1-3H3. The number of para-hydroxylation sites is 1. The van der Waals surface area contributed by atoms with E-state index in [9.17, 15) is 27.2 Å². The van der Waals surface area contributed by atoms with E-state index in [1.165, 1.54) is 6.20 Å². The highest BCUT2D eigenvalue weighted by atomic mass is 35.5. The number of rotatable bonds is 4. The highest BCUT2D eigenvalue weighted by Crippen LogP contribution is 2.41. The fourth-order valence-electron chi connectivity index (χ4n) is 4.46. The largest absolute Gasteiger partial charge is 0.462 e. The molecule has 2 aromatic carbocycles. The smallest absolute Gasteiger partial charge is 0.417 e. The fourth-order valence-corrected chi connectivity index (χ4v) is 4.74. The van der Waals surface area contributed by atoms with Gasteiger partial charge in [0.25, 0.3) is 5.91 Å². The third-order valence-corrected chi connectivity index (χ3v) is 6.41. The number of carbonyl (C=O) groups is 2. The second-order valence-electron chi connectivity index (χ2n) is 9.20. The van der Waals surface area contributed by atoms with Crippen molar-refractivity contribution in [3.63, 3.8) is 0 Å². The zero-order valence-electron chi connectivity index (χ0n) is 19.7. The van der Waals surface area contributed by atoms with Crippen LogP contribution in [-0.2, 0) is 21.1 Å². The quantitative estimate of drug-likeness (QED) is 0.306. The van der Waals surface area contributed by atoms with Gasteiger partial charge in [-0.05, 0) is 30.2 Å². The van der Waals surface area contributed by atoms with Gasteiger partial charge < -0.3 is 14.6 Å². The van der Waals surface area contributed by atoms with Crippen LogP contribution in [0.4, 0.5) is 17.6 Å². The van der Waals surface area contributed by atoms with E-state index < -0.39 is 45.4 Å². The summed E-state index contributed by atoms with van der Waals surface area (Å²) in [6.07, 6.45) is -3.06. The minimum absolute atomic E-state index is 0.00329. The van der Waals surface area contributed by atoms with Gasteiger partial charge in [0, 0.05) is 29.1 Å². The molecule has 3 aromatic rings. The van der Waals surface area contributed by atoms with Crippen molar-refractivity contribution in [3.05, 3.63) is 75.8 Å². The molecule has 190 valence electrons. The van der Waals surface area contributed by atoms with Crippen LogP contribution in [0.2, 0.25) is 5.02 Å². The van der Waals surface area contributed by atoms with Gasteiger partial charge in [-0.15, -0.1) is 0 Å². The Bertz CT molecular complexity index is 1390. The van der Waals surface area contributed by atoms with Gasteiger partial charge in [-0.1, -0.05) is 50.6 Å². The van der Waals surface area contributed by atoms with Gasteiger partial charge in [0.1, 0.15) is 0 Å². The predicted molar refractivity (Wildman–Crippen MR) is 128 cm³/mol. The lowest BCUT2D eigenvalue weighted by Gasteiger charge is -2.30. The Balaban J connectivity index is 1.87. The van der Waals surface area contributed by atoms with E-state index in [1.54, 1.807) is 0 Å². The number of hydrogen-bond acceptors (Lipinski definition) is 3. The maximum Gasteiger partial charge on any atom is 0.417 e. The molecule has 36 heavy (non-hydrogen) atoms. The average molecular weight is 523 g/mol. The summed E-state index contributed by atoms with van der Waals surface area (Å²) in [6, 6.07) is 8.75. The molecule has 10 heteroatoms. The van der Waals surface area contributed by atoms with Gasteiger partial charge in [-0.25, -0.2) is 9.18 Å². The number of aromatic amines is 1. The van der Waals surface area contributed by atoms with Crippen LogP contribution in [0.5, 0.6) is 0 Å². The zero-order valence-corrected chi connectivity index (χ0v) is 20.5. The Kier molecular flexibility index (Phi) is 6.64. The van der Waals surface area contributed by atoms with E-state index in [1.807, 2.05) is 45.0 Å². The normalized spacial score (nSPS) is 15.3. The first kappa shape index (κ1) is 25.8. The first-order valence-electron chi connectivity index (χ1n) is 11.2. The summed E-state index contributed by atoms with van der Waals surface area (Å²) in [7, 11) is 0. The topological polar surface area (TPSA) is 62.4 Å². The van der Waals surface area contributed by atoms with Crippen molar-refractivity contribution in [2.75, 3.05) is 13.2 Å². The van der Waals surface area contributed by atoms with Crippen molar-refractivity contribution >= 4 is 40.0 Å². The number of H-pyrrole nitrogens is 1. The second kappa shape index (κ2) is 9.28. The number of carbonyl (C=O) groups excluding carboxylic acids is 2. The third kappa shape index (κ3) is 4.48. The number of nitrogens with zero attached hydrogens (tertiary/aromatic N) is 1. The number of alkyl halides is 3. The van der Waals surface area contributed by atoms with Crippen LogP contribution < -0.4 is 0 Å². The maximum absolute atomic E-state index is 14.9. The summed E-state index contributed by atoms with van der Waals surface area (Å²) in [5.41, 5.74) is -0.716. The van der Waals surface area contributed by atoms with E-state index in [4.69, 9.17) is 16.3 Å². The molecule has 1 amide bonds. The van der Waals surface area contributed by atoms with Crippen LogP contribution in [0, 0.1) is 5.82 Å². The lowest BCUT2D eigenvalue weighted by Crippen LogP contribution is -2.37. The highest BCUT2D eigenvalue weighted by molar-refractivity contribution is 6.32. The number of esters is 1. The third-order valence-electron chi connectivity index (χ3n) is 6.04. The van der Waals surface area contributed by atoms with Gasteiger partial charge in [0.05, 0.1) is 34.0 Å². The maximum atomic E-state index is 14.9. The SMILES string of the molecule is CCCOC(=O)C1=CN(C(=O)c2ccc(C(F)(F)F)c(Cl)c2F)CC(C)(C)c2c1[nH]c1ccccc21. The van der Waals surface area contributed by atoms with E-state index in [-0.39, 0.29) is 18.7 Å². The Morgan fingerprint density at radius 2 is 1.86 bits per heavy atom. The highest BCUT2D eigenvalue weighted by Gasteiger charge is 2.39. The Labute approximate surface area is 209 Å². The van der Waals surface area contributed by atoms with Crippen molar-refractivity contribution in [1.29, 1.82) is 0 Å². The molecule has 1 N–H and O–H groups in total. The number of hydrogen-bond donors (Lipinski definition) is 1. The molecule has 5 nitrogen and oxygen atoms in total. The number of halogens is 5. The molecule has 0 unspecified atom stereocenters. The zero-order chi connectivity index (χ0) is 26.4. The molecular formula is C26H23ClF4N2O3. The lowest BCUT2D eigenvalue weighted by atomic mass is 9.81. The molecule has 1 aliphatic rings. The molecule has 0 saturated carbocycles. The van der Waals surface area contributed by atoms with Crippen molar-refractivity contribution in [2.24, 2.45) is 0 Å². The molecule has 0 atom stereocenters. The molecular weight excluding hydrogens is 500 g/mol. The molecule has 2 heterocycles. The Morgan fingerprint density at radius 1 is 1.17 bits per heavy atom. The van der Waals surface area contributed by atoms with Crippen LogP contribution in [-0.4, -0.2) is 34.9 Å². The minimum Gasteiger partial charge on any atom is -0.462 e. The molecule has 0 aliphatic carbocycles. The van der Waals surface area contributed by atoms with Gasteiger partial charge in [-0.3, -0.25) is 4.79 Å². The van der Waals surface area contributed by atoms with Crippen LogP contribution in [0.25, 0.3) is 16.5 Å². The molecule has 0 saturated heterocycles. The minimum atomic E-state index is -4.88. The number of benzene rings is 2. The first-order chi connectivity index (χ1) is 16.9. The van der Waals surface area contributed by atoms with Crippen LogP contribution in [0.3, 0.4) is 0 Å². The summed E-state index contributed by atoms with van der Waals surface area (Å²) >= 11 is 5.65. The molecule has 1 aliphatic heterocycles. The molecule has 0 spiro atoms. The van der Waals surface area contributed by atoms with E-state index >= 15 is 0 Å². The summed E-state index contributed by atoms with van der Waals surface area (Å²) in [5, 5.41) is -0.352. The number of aromatic nitrogens is 1. The summed E-state index contributed by atoms with van der Waals surface area (Å²) in [5.74, 6) is -3.11. The van der Waals surface area contributed by atoms with Crippen LogP contribution in [0.15, 0.2) is 42.6 Å². The van der Waals surface area contributed by atoms with Crippen molar-refractivity contribution in [1.82, 2.24) is 9.88 Å². The predicted octanol–water partition coefficient (Wildman–Crippen LogP) is 6.71. The van der Waals surface area contributed by atoms with Crippen LogP contribution >= 0.6 is 11.6 Å². The van der Waals surface area contributed by atoms with E-state index in [0.29, 0.717) is 18.2 Å². The Hall–Kier alpha value is -3.33. The molecule has 0 bridgehead atoms. The molecule has 1 aromatic heterocycles. The van der Waals surface area contributed by atoms with E-state index in [2.05, 4.69) is 4.98 Å². The number of nitrogens with one attached hydrogen (secondary N) is 1. The number of amides is 1.